The number of aryl methyl sites for hydroxylation is 1. The lowest BCUT2D eigenvalue weighted by Gasteiger charge is -2.31. The van der Waals surface area contributed by atoms with Crippen LogP contribution in [0.5, 0.6) is 0 Å². The van der Waals surface area contributed by atoms with Gasteiger partial charge in [-0.15, -0.1) is 11.3 Å². The first-order valence-corrected chi connectivity index (χ1v) is 11.8. The zero-order chi connectivity index (χ0) is 19.8. The second kappa shape index (κ2) is 11.1. The number of thiazole rings is 1. The van der Waals surface area contributed by atoms with Gasteiger partial charge in [-0.2, -0.15) is 0 Å². The van der Waals surface area contributed by atoms with Crippen LogP contribution in [0.25, 0.3) is 0 Å². The van der Waals surface area contributed by atoms with Crippen LogP contribution in [0.15, 0.2) is 10.4 Å². The molecule has 6 nitrogen and oxygen atoms in total. The van der Waals surface area contributed by atoms with E-state index in [1.54, 1.807) is 11.3 Å². The standard InChI is InChI=1S/C21H37N5OS/c1-4-22-21(26-11-8-19(13-26)15-27-5-2)23-12-18-6-9-25(10-7-18)14-20-16-28-17(3)24-20/h16,18-19H,4-15H2,1-3H3,(H,22,23). The molecule has 0 aliphatic carbocycles. The largest absolute Gasteiger partial charge is 0.381 e. The van der Waals surface area contributed by atoms with Gasteiger partial charge >= 0.3 is 0 Å². The summed E-state index contributed by atoms with van der Waals surface area (Å²) >= 11 is 1.75. The van der Waals surface area contributed by atoms with E-state index in [9.17, 15) is 0 Å². The van der Waals surface area contributed by atoms with Crippen molar-refractivity contribution in [2.24, 2.45) is 16.8 Å². The number of hydrogen-bond acceptors (Lipinski definition) is 5. The van der Waals surface area contributed by atoms with Gasteiger partial charge in [-0.3, -0.25) is 9.89 Å². The molecule has 0 radical (unpaired) electrons. The van der Waals surface area contributed by atoms with Crippen LogP contribution < -0.4 is 5.32 Å². The summed E-state index contributed by atoms with van der Waals surface area (Å²) in [5, 5.41) is 6.87. The lowest BCUT2D eigenvalue weighted by molar-refractivity contribution is 0.114. The highest BCUT2D eigenvalue weighted by Crippen LogP contribution is 2.21. The molecule has 28 heavy (non-hydrogen) atoms. The zero-order valence-corrected chi connectivity index (χ0v) is 18.6. The van der Waals surface area contributed by atoms with Crippen LogP contribution >= 0.6 is 11.3 Å². The molecule has 1 aromatic rings. The molecule has 0 amide bonds. The molecule has 0 aromatic carbocycles. The summed E-state index contributed by atoms with van der Waals surface area (Å²) < 4.78 is 5.62. The number of guanidine groups is 1. The second-order valence-corrected chi connectivity index (χ2v) is 9.09. The SMILES string of the molecule is CCNC(=NCC1CCN(Cc2csc(C)n2)CC1)N1CCC(COCC)C1. The van der Waals surface area contributed by atoms with Crippen LogP contribution in [0.2, 0.25) is 0 Å². The third kappa shape index (κ3) is 6.42. The van der Waals surface area contributed by atoms with Crippen LogP contribution in [-0.2, 0) is 11.3 Å². The lowest BCUT2D eigenvalue weighted by Crippen LogP contribution is -2.41. The second-order valence-electron chi connectivity index (χ2n) is 8.03. The van der Waals surface area contributed by atoms with E-state index >= 15 is 0 Å². The number of aliphatic imine (C=N–C) groups is 1. The summed E-state index contributed by atoms with van der Waals surface area (Å²) in [7, 11) is 0. The molecule has 3 heterocycles. The fourth-order valence-corrected chi connectivity index (χ4v) is 4.73. The van der Waals surface area contributed by atoms with Crippen molar-refractivity contribution in [1.82, 2.24) is 20.1 Å². The van der Waals surface area contributed by atoms with Crippen LogP contribution in [0.4, 0.5) is 0 Å². The van der Waals surface area contributed by atoms with Gasteiger partial charge in [-0.05, 0) is 59.0 Å². The first kappa shape index (κ1) is 21.5. The topological polar surface area (TPSA) is 53.0 Å². The molecule has 0 saturated carbocycles. The fraction of sp³-hybridized carbons (Fsp3) is 0.810. The molecule has 2 aliphatic heterocycles. The predicted octanol–water partition coefficient (Wildman–Crippen LogP) is 2.99. The van der Waals surface area contributed by atoms with Gasteiger partial charge in [0.25, 0.3) is 0 Å². The van der Waals surface area contributed by atoms with E-state index in [4.69, 9.17) is 9.73 Å². The molecule has 0 spiro atoms. The van der Waals surface area contributed by atoms with E-state index in [1.165, 1.54) is 30.0 Å². The Morgan fingerprint density at radius 3 is 2.71 bits per heavy atom. The maximum absolute atomic E-state index is 5.62. The summed E-state index contributed by atoms with van der Waals surface area (Å²) in [5.74, 6) is 2.44. The fourth-order valence-electron chi connectivity index (χ4n) is 4.12. The predicted molar refractivity (Wildman–Crippen MR) is 117 cm³/mol. The maximum atomic E-state index is 5.62. The van der Waals surface area contributed by atoms with E-state index in [0.717, 1.165) is 65.0 Å². The summed E-state index contributed by atoms with van der Waals surface area (Å²) in [5.41, 5.74) is 1.23. The molecule has 7 heteroatoms. The molecule has 2 fully saturated rings. The molecule has 1 atom stereocenters. The number of hydrogen-bond donors (Lipinski definition) is 1. The number of ether oxygens (including phenoxy) is 1. The normalized spacial score (nSPS) is 22.2. The first-order valence-electron chi connectivity index (χ1n) is 10.9. The minimum absolute atomic E-state index is 0.640. The number of nitrogens with zero attached hydrogens (tertiary/aromatic N) is 4. The monoisotopic (exact) mass is 407 g/mol. The average Bonchev–Trinajstić information content (AvgIpc) is 3.33. The van der Waals surface area contributed by atoms with Crippen LogP contribution in [-0.4, -0.2) is 73.2 Å². The summed E-state index contributed by atoms with van der Waals surface area (Å²) in [6.07, 6.45) is 3.68. The van der Waals surface area contributed by atoms with Gasteiger partial charge in [-0.1, -0.05) is 0 Å². The molecule has 2 aliphatic rings. The van der Waals surface area contributed by atoms with E-state index in [1.807, 2.05) is 0 Å². The quantitative estimate of drug-likeness (QED) is 0.530. The van der Waals surface area contributed by atoms with E-state index in [2.05, 4.69) is 46.3 Å². The molecule has 2 saturated heterocycles. The van der Waals surface area contributed by atoms with E-state index in [0.29, 0.717) is 11.8 Å². The lowest BCUT2D eigenvalue weighted by atomic mass is 9.97. The van der Waals surface area contributed by atoms with E-state index in [-0.39, 0.29) is 0 Å². The van der Waals surface area contributed by atoms with Gasteiger partial charge in [0, 0.05) is 50.6 Å². The highest BCUT2D eigenvalue weighted by atomic mass is 32.1. The Kier molecular flexibility index (Phi) is 8.55. The number of likely N-dealkylation sites (tertiary alicyclic amines) is 2. The van der Waals surface area contributed by atoms with Crippen molar-refractivity contribution in [2.75, 3.05) is 52.5 Å². The van der Waals surface area contributed by atoms with Crippen molar-refractivity contribution >= 4 is 17.3 Å². The molecule has 1 unspecified atom stereocenters. The van der Waals surface area contributed by atoms with E-state index < -0.39 is 0 Å². The Bertz CT molecular complexity index is 612. The minimum Gasteiger partial charge on any atom is -0.381 e. The third-order valence-corrected chi connectivity index (χ3v) is 6.56. The minimum atomic E-state index is 0.640. The van der Waals surface area contributed by atoms with Crippen LogP contribution in [0, 0.1) is 18.8 Å². The van der Waals surface area contributed by atoms with Crippen molar-refractivity contribution < 1.29 is 4.74 Å². The smallest absolute Gasteiger partial charge is 0.193 e. The molecular formula is C21H37N5OS. The number of rotatable bonds is 8. The van der Waals surface area contributed by atoms with Crippen molar-refractivity contribution in [2.45, 2.75) is 46.6 Å². The average molecular weight is 408 g/mol. The van der Waals surface area contributed by atoms with Gasteiger partial charge in [0.2, 0.25) is 0 Å². The van der Waals surface area contributed by atoms with Gasteiger partial charge in [0.1, 0.15) is 0 Å². The Morgan fingerprint density at radius 1 is 1.25 bits per heavy atom. The number of piperidine rings is 1. The highest BCUT2D eigenvalue weighted by Gasteiger charge is 2.25. The van der Waals surface area contributed by atoms with Crippen LogP contribution in [0.1, 0.15) is 43.8 Å². The Morgan fingerprint density at radius 2 is 2.04 bits per heavy atom. The number of aromatic nitrogens is 1. The Labute approximate surface area is 174 Å². The Balaban J connectivity index is 1.44. The van der Waals surface area contributed by atoms with Gasteiger partial charge < -0.3 is 15.0 Å². The molecule has 3 rings (SSSR count). The maximum Gasteiger partial charge on any atom is 0.193 e. The first-order chi connectivity index (χ1) is 13.7. The van der Waals surface area contributed by atoms with Gasteiger partial charge in [-0.25, -0.2) is 4.98 Å². The third-order valence-electron chi connectivity index (χ3n) is 5.74. The number of nitrogens with one attached hydrogen (secondary N) is 1. The zero-order valence-electron chi connectivity index (χ0n) is 17.8. The highest BCUT2D eigenvalue weighted by molar-refractivity contribution is 7.09. The van der Waals surface area contributed by atoms with Crippen molar-refractivity contribution in [1.29, 1.82) is 0 Å². The molecular weight excluding hydrogens is 370 g/mol. The Hall–Kier alpha value is -1.18. The van der Waals surface area contributed by atoms with Gasteiger partial charge in [0.15, 0.2) is 5.96 Å². The van der Waals surface area contributed by atoms with Crippen molar-refractivity contribution in [3.63, 3.8) is 0 Å². The molecule has 1 aromatic heterocycles. The molecule has 158 valence electrons. The summed E-state index contributed by atoms with van der Waals surface area (Å²) in [6.45, 7) is 15.3. The van der Waals surface area contributed by atoms with Crippen molar-refractivity contribution in [3.05, 3.63) is 16.1 Å². The van der Waals surface area contributed by atoms with Gasteiger partial charge in [0.05, 0.1) is 17.3 Å². The van der Waals surface area contributed by atoms with Crippen LogP contribution in [0.3, 0.4) is 0 Å². The van der Waals surface area contributed by atoms with Crippen molar-refractivity contribution in [3.8, 4) is 0 Å². The molecule has 0 bridgehead atoms. The summed E-state index contributed by atoms with van der Waals surface area (Å²) in [6, 6.07) is 0. The summed E-state index contributed by atoms with van der Waals surface area (Å²) in [4.78, 5) is 14.6. The molecule has 1 N–H and O–H groups in total.